The van der Waals surface area contributed by atoms with E-state index in [0.29, 0.717) is 12.8 Å². The molecule has 106 valence electrons. The number of carboxylic acids is 2. The molecule has 0 heterocycles. The topological polar surface area (TPSA) is 74.6 Å². The standard InChI is InChI=1S/C14H24O4.Li.H/c1-3-10(4-2)14(12(15)16,13(17)18)11-8-6-5-7-9-11;;/h10-11H,3-9H2,1-2H3,(H,15,16)(H,17,18);;/q;+1;-1. The van der Waals surface area contributed by atoms with Crippen LogP contribution in [0.15, 0.2) is 0 Å². The molecule has 1 rings (SSSR count). The van der Waals surface area contributed by atoms with Gasteiger partial charge in [0, 0.05) is 0 Å². The molecule has 1 fully saturated rings. The van der Waals surface area contributed by atoms with Gasteiger partial charge in [-0.3, -0.25) is 9.59 Å². The predicted molar refractivity (Wildman–Crippen MR) is 69.5 cm³/mol. The molecule has 0 radical (unpaired) electrons. The minimum atomic E-state index is -1.58. The maximum atomic E-state index is 11.7. The summed E-state index contributed by atoms with van der Waals surface area (Å²) in [6.45, 7) is 3.77. The van der Waals surface area contributed by atoms with Crippen molar-refractivity contribution in [2.75, 3.05) is 0 Å². The minimum absolute atomic E-state index is 0. The number of carbonyl (C=O) groups is 2. The molecular weight excluding hydrogens is 239 g/mol. The van der Waals surface area contributed by atoms with Crippen molar-refractivity contribution in [2.45, 2.75) is 58.8 Å². The van der Waals surface area contributed by atoms with E-state index >= 15 is 0 Å². The Kier molecular flexibility index (Phi) is 7.77. The van der Waals surface area contributed by atoms with E-state index in [1.165, 1.54) is 0 Å². The van der Waals surface area contributed by atoms with Gasteiger partial charge in [-0.25, -0.2) is 0 Å². The first-order valence-corrected chi connectivity index (χ1v) is 6.98. The van der Waals surface area contributed by atoms with Crippen LogP contribution in [0, 0.1) is 17.3 Å². The molecule has 0 aliphatic heterocycles. The van der Waals surface area contributed by atoms with Crippen molar-refractivity contribution >= 4 is 11.9 Å². The van der Waals surface area contributed by atoms with E-state index in [9.17, 15) is 19.8 Å². The van der Waals surface area contributed by atoms with Gasteiger partial charge in [0.25, 0.3) is 0 Å². The van der Waals surface area contributed by atoms with E-state index in [-0.39, 0.29) is 32.1 Å². The molecule has 0 bridgehead atoms. The first-order chi connectivity index (χ1) is 8.51. The molecule has 19 heavy (non-hydrogen) atoms. The Morgan fingerprint density at radius 3 is 1.84 bits per heavy atom. The van der Waals surface area contributed by atoms with Crippen LogP contribution in [0.3, 0.4) is 0 Å². The smallest absolute Gasteiger partial charge is 1.00 e. The van der Waals surface area contributed by atoms with Crippen molar-refractivity contribution in [3.63, 3.8) is 0 Å². The van der Waals surface area contributed by atoms with Crippen LogP contribution in [0.2, 0.25) is 0 Å². The van der Waals surface area contributed by atoms with Gasteiger partial charge in [0.15, 0.2) is 5.41 Å². The van der Waals surface area contributed by atoms with Gasteiger partial charge in [0.2, 0.25) is 0 Å². The Balaban J connectivity index is 0. The van der Waals surface area contributed by atoms with Gasteiger partial charge in [-0.1, -0.05) is 46.0 Å². The second-order valence-corrected chi connectivity index (χ2v) is 5.33. The van der Waals surface area contributed by atoms with Gasteiger partial charge < -0.3 is 11.6 Å². The Labute approximate surface area is 128 Å². The van der Waals surface area contributed by atoms with Crippen molar-refractivity contribution in [3.8, 4) is 0 Å². The number of rotatable bonds is 6. The van der Waals surface area contributed by atoms with Crippen molar-refractivity contribution in [2.24, 2.45) is 17.3 Å². The normalized spacial score (nSPS) is 17.0. The van der Waals surface area contributed by atoms with Crippen LogP contribution in [0.1, 0.15) is 60.2 Å². The van der Waals surface area contributed by atoms with E-state index in [0.717, 1.165) is 32.1 Å². The van der Waals surface area contributed by atoms with Crippen LogP contribution in [-0.4, -0.2) is 22.2 Å². The Morgan fingerprint density at radius 1 is 1.11 bits per heavy atom. The molecule has 1 aliphatic carbocycles. The fraction of sp³-hybridized carbons (Fsp3) is 0.857. The van der Waals surface area contributed by atoms with E-state index in [1.54, 1.807) is 0 Å². The fourth-order valence-corrected chi connectivity index (χ4v) is 3.61. The number of aliphatic carboxylic acids is 2. The van der Waals surface area contributed by atoms with Crippen molar-refractivity contribution < 1.29 is 40.1 Å². The van der Waals surface area contributed by atoms with Crippen LogP contribution in [-0.2, 0) is 9.59 Å². The van der Waals surface area contributed by atoms with Crippen LogP contribution >= 0.6 is 0 Å². The third kappa shape index (κ3) is 3.35. The molecular formula is C14H25LiO4. The molecule has 2 N–H and O–H groups in total. The van der Waals surface area contributed by atoms with Crippen molar-refractivity contribution in [1.82, 2.24) is 0 Å². The van der Waals surface area contributed by atoms with Gasteiger partial charge >= 0.3 is 30.8 Å². The number of hydrogen-bond donors (Lipinski definition) is 2. The third-order valence-corrected chi connectivity index (χ3v) is 4.59. The molecule has 0 spiro atoms. The van der Waals surface area contributed by atoms with Gasteiger partial charge in [-0.05, 0) is 24.7 Å². The maximum Gasteiger partial charge on any atom is 1.00 e. The quantitative estimate of drug-likeness (QED) is 0.533. The second kappa shape index (κ2) is 7.97. The molecule has 0 aromatic carbocycles. The van der Waals surface area contributed by atoms with Gasteiger partial charge in [-0.2, -0.15) is 0 Å². The molecule has 0 unspecified atom stereocenters. The Bertz CT molecular complexity index is 298. The monoisotopic (exact) mass is 264 g/mol. The zero-order valence-electron chi connectivity index (χ0n) is 13.3. The van der Waals surface area contributed by atoms with Crippen molar-refractivity contribution in [3.05, 3.63) is 0 Å². The summed E-state index contributed by atoms with van der Waals surface area (Å²) in [5.74, 6) is -2.78. The summed E-state index contributed by atoms with van der Waals surface area (Å²) in [4.78, 5) is 23.5. The SMILES string of the molecule is CCC(CC)C(C(=O)O)(C(=O)O)C1CCCCC1.[H-].[Li+]. The summed E-state index contributed by atoms with van der Waals surface area (Å²) >= 11 is 0. The summed E-state index contributed by atoms with van der Waals surface area (Å²) in [5, 5.41) is 19.2. The summed E-state index contributed by atoms with van der Waals surface area (Å²) < 4.78 is 0. The first-order valence-electron chi connectivity index (χ1n) is 6.98. The van der Waals surface area contributed by atoms with Crippen molar-refractivity contribution in [1.29, 1.82) is 0 Å². The summed E-state index contributed by atoms with van der Waals surface area (Å²) in [6.07, 6.45) is 5.66. The Hall–Kier alpha value is -0.463. The molecule has 4 nitrogen and oxygen atoms in total. The van der Waals surface area contributed by atoms with Gasteiger partial charge in [-0.15, -0.1) is 0 Å². The van der Waals surface area contributed by atoms with E-state index in [1.807, 2.05) is 13.8 Å². The Morgan fingerprint density at radius 2 is 1.53 bits per heavy atom. The van der Waals surface area contributed by atoms with Gasteiger partial charge in [0.05, 0.1) is 0 Å². The van der Waals surface area contributed by atoms with Crippen LogP contribution < -0.4 is 18.9 Å². The van der Waals surface area contributed by atoms with Crippen LogP contribution in [0.4, 0.5) is 0 Å². The van der Waals surface area contributed by atoms with Crippen LogP contribution in [0.25, 0.3) is 0 Å². The molecule has 0 atom stereocenters. The fourth-order valence-electron chi connectivity index (χ4n) is 3.61. The van der Waals surface area contributed by atoms with Gasteiger partial charge in [0.1, 0.15) is 0 Å². The molecule has 0 saturated heterocycles. The molecule has 0 aromatic rings. The second-order valence-electron chi connectivity index (χ2n) is 5.33. The molecule has 0 amide bonds. The molecule has 0 aromatic heterocycles. The number of carboxylic acid groups (broad SMARTS) is 2. The largest absolute Gasteiger partial charge is 1.00 e. The van der Waals surface area contributed by atoms with E-state index < -0.39 is 17.4 Å². The van der Waals surface area contributed by atoms with Crippen LogP contribution in [0.5, 0.6) is 0 Å². The predicted octanol–water partition coefficient (Wildman–Crippen LogP) is 0.275. The van der Waals surface area contributed by atoms with E-state index in [2.05, 4.69) is 0 Å². The zero-order valence-corrected chi connectivity index (χ0v) is 12.3. The molecule has 1 saturated carbocycles. The molecule has 1 aliphatic rings. The zero-order chi connectivity index (χ0) is 13.8. The summed E-state index contributed by atoms with van der Waals surface area (Å²) in [6, 6.07) is 0. The summed E-state index contributed by atoms with van der Waals surface area (Å²) in [7, 11) is 0. The maximum absolute atomic E-state index is 11.7. The minimum Gasteiger partial charge on any atom is -1.00 e. The number of hydrogen-bond acceptors (Lipinski definition) is 2. The third-order valence-electron chi connectivity index (χ3n) is 4.59. The average molecular weight is 264 g/mol. The average Bonchev–Trinajstić information content (AvgIpc) is 2.35. The molecule has 5 heteroatoms. The first kappa shape index (κ1) is 18.5. The summed E-state index contributed by atoms with van der Waals surface area (Å²) in [5.41, 5.74) is -1.58. The van der Waals surface area contributed by atoms with E-state index in [4.69, 9.17) is 0 Å².